The Morgan fingerprint density at radius 3 is 1.48 bits per heavy atom. The number of nitrogens with zero attached hydrogens (tertiary/aromatic N) is 3. The molecule has 0 radical (unpaired) electrons. The van der Waals surface area contributed by atoms with Crippen LogP contribution in [0, 0.1) is 11.8 Å². The number of ether oxygens (including phenoxy) is 1. The van der Waals surface area contributed by atoms with Gasteiger partial charge in [0.05, 0.1) is 12.1 Å². The quantitative estimate of drug-likeness (QED) is 0.104. The van der Waals surface area contributed by atoms with Gasteiger partial charge < -0.3 is 26.0 Å². The van der Waals surface area contributed by atoms with E-state index in [-0.39, 0.29) is 36.2 Å². The summed E-state index contributed by atoms with van der Waals surface area (Å²) in [4.78, 5) is 33.9. The Hall–Kier alpha value is -4.86. The summed E-state index contributed by atoms with van der Waals surface area (Å²) < 4.78 is 6.30. The third kappa shape index (κ3) is 9.17. The molecular formula is C56H72N6O3. The number of rotatable bonds is 16. The highest BCUT2D eigenvalue weighted by Crippen LogP contribution is 2.54. The molecule has 4 fully saturated rings. The van der Waals surface area contributed by atoms with Crippen molar-refractivity contribution >= 4 is 12.1 Å². The van der Waals surface area contributed by atoms with Crippen LogP contribution in [-0.2, 0) is 0 Å². The van der Waals surface area contributed by atoms with Crippen LogP contribution in [0.5, 0.6) is 11.5 Å². The van der Waals surface area contributed by atoms with E-state index in [0.717, 1.165) is 79.9 Å². The Morgan fingerprint density at radius 1 is 0.600 bits per heavy atom. The summed E-state index contributed by atoms with van der Waals surface area (Å²) in [5.41, 5.74) is 14.6. The van der Waals surface area contributed by atoms with Gasteiger partial charge in [-0.3, -0.25) is 9.80 Å². The molecule has 6 aliphatic rings. The largest absolute Gasteiger partial charge is 0.457 e. The summed E-state index contributed by atoms with van der Waals surface area (Å²) >= 11 is 0. The second-order valence-electron chi connectivity index (χ2n) is 20.4. The SMILES string of the molecule is CCC(NC(=O)NC1CCC(CCN2[C@@H]3CC[C@H]2c2ccccc23)CC1)c1ccc(Oc2ccc(C(CC)N(C(N)=O)C3CCC(CCN4[C@@H]5CC[C@H]4c4ccccc45)CC3)cc2)cc1. The minimum Gasteiger partial charge on any atom is -0.457 e. The number of carbonyl (C=O) groups excluding carboxylic acids is 2. The highest BCUT2D eigenvalue weighted by Gasteiger charge is 2.45. The molecule has 9 nitrogen and oxygen atoms in total. The van der Waals surface area contributed by atoms with Crippen LogP contribution in [-0.4, -0.2) is 51.9 Å². The van der Waals surface area contributed by atoms with Gasteiger partial charge >= 0.3 is 12.1 Å². The molecule has 4 bridgehead atoms. The number of benzene rings is 4. The van der Waals surface area contributed by atoms with Crippen molar-refractivity contribution in [3.63, 3.8) is 0 Å². The summed E-state index contributed by atoms with van der Waals surface area (Å²) in [6.07, 6.45) is 18.0. The number of amides is 4. The summed E-state index contributed by atoms with van der Waals surface area (Å²) in [5, 5.41) is 6.56. The molecule has 0 aromatic heterocycles. The third-order valence-corrected chi connectivity index (χ3v) is 16.9. The molecule has 6 atom stereocenters. The number of nitrogens with two attached hydrogens (primary N) is 1. The topological polar surface area (TPSA) is 103 Å². The summed E-state index contributed by atoms with van der Waals surface area (Å²) in [6, 6.07) is 36.7. The predicted octanol–water partition coefficient (Wildman–Crippen LogP) is 12.7. The number of hydrogen-bond donors (Lipinski definition) is 3. The highest BCUT2D eigenvalue weighted by molar-refractivity contribution is 5.75. The van der Waals surface area contributed by atoms with E-state index in [9.17, 15) is 9.59 Å². The van der Waals surface area contributed by atoms with Crippen LogP contribution in [0.2, 0.25) is 0 Å². The first-order chi connectivity index (χ1) is 31.8. The van der Waals surface area contributed by atoms with Gasteiger partial charge in [-0.25, -0.2) is 9.59 Å². The van der Waals surface area contributed by atoms with Gasteiger partial charge in [-0.2, -0.15) is 0 Å². The minimum atomic E-state index is -0.325. The van der Waals surface area contributed by atoms with Gasteiger partial charge in [-0.1, -0.05) is 86.6 Å². The Morgan fingerprint density at radius 2 is 1.05 bits per heavy atom. The first-order valence-electron chi connectivity index (χ1n) is 25.6. The second kappa shape index (κ2) is 19.5. The van der Waals surface area contributed by atoms with Crippen molar-refractivity contribution in [3.8, 4) is 11.5 Å². The van der Waals surface area contributed by atoms with Crippen LogP contribution in [0.15, 0.2) is 97.1 Å². The van der Waals surface area contributed by atoms with Gasteiger partial charge in [0, 0.05) is 36.3 Å². The van der Waals surface area contributed by atoms with Crippen molar-refractivity contribution in [2.45, 2.75) is 165 Å². The van der Waals surface area contributed by atoms with E-state index in [0.29, 0.717) is 30.1 Å². The molecule has 2 saturated carbocycles. The normalized spacial score (nSPS) is 27.7. The standard InChI is InChI=1S/C56H72N6O3/c1-3-49(59-56(64)58-41-21-13-37(14-22-41)33-35-60-51-29-30-52(60)46-10-6-5-9-45(46)51)39-17-25-43(26-18-39)65-44-27-19-40(20-28-44)50(4-2)62(55(57)63)42-23-15-38(16-24-42)34-36-61-53-31-32-54(61)48-12-8-7-11-47(48)53/h5-12,17-20,25-28,37-38,41-42,49-54H,3-4,13-16,21-24,29-36H2,1-2H3,(H2,57,63)(H2,58,59,64)/t37?,38?,41?,42?,49?,50?,51-,52+,53-,54+. The van der Waals surface area contributed by atoms with Crippen molar-refractivity contribution in [3.05, 3.63) is 130 Å². The van der Waals surface area contributed by atoms with Crippen molar-refractivity contribution in [2.24, 2.45) is 17.6 Å². The zero-order valence-electron chi connectivity index (χ0n) is 38.9. The van der Waals surface area contributed by atoms with Gasteiger partial charge in [0.25, 0.3) is 0 Å². The van der Waals surface area contributed by atoms with Gasteiger partial charge in [0.2, 0.25) is 0 Å². The lowest BCUT2D eigenvalue weighted by Crippen LogP contribution is -2.47. The van der Waals surface area contributed by atoms with Crippen LogP contribution >= 0.6 is 0 Å². The molecule has 65 heavy (non-hydrogen) atoms. The molecule has 0 spiro atoms. The Kier molecular flexibility index (Phi) is 13.2. The summed E-state index contributed by atoms with van der Waals surface area (Å²) in [7, 11) is 0. The first-order valence-corrected chi connectivity index (χ1v) is 25.6. The third-order valence-electron chi connectivity index (χ3n) is 16.9. The van der Waals surface area contributed by atoms with E-state index in [4.69, 9.17) is 10.5 Å². The van der Waals surface area contributed by atoms with E-state index in [1.54, 1.807) is 22.3 Å². The van der Waals surface area contributed by atoms with E-state index in [1.807, 2.05) is 29.2 Å². The maximum atomic E-state index is 13.2. The predicted molar refractivity (Wildman–Crippen MR) is 259 cm³/mol. The lowest BCUT2D eigenvalue weighted by atomic mass is 9.82. The van der Waals surface area contributed by atoms with Crippen LogP contribution in [0.1, 0.15) is 186 Å². The maximum absolute atomic E-state index is 13.2. The molecule has 4 aromatic carbocycles. The van der Waals surface area contributed by atoms with E-state index >= 15 is 0 Å². The van der Waals surface area contributed by atoms with Crippen LogP contribution < -0.4 is 21.1 Å². The number of urea groups is 2. The van der Waals surface area contributed by atoms with Gasteiger partial charge in [0.15, 0.2) is 0 Å². The number of carbonyl (C=O) groups is 2. The molecule has 4 aromatic rings. The van der Waals surface area contributed by atoms with Crippen molar-refractivity contribution in [1.82, 2.24) is 25.3 Å². The average Bonchev–Trinajstić information content (AvgIpc) is 4.11. The Bertz CT molecular complexity index is 2190. The Balaban J connectivity index is 0.660. The summed E-state index contributed by atoms with van der Waals surface area (Å²) in [6.45, 7) is 6.62. The van der Waals surface area contributed by atoms with E-state index in [1.165, 1.54) is 64.5 Å². The molecule has 4 aliphatic heterocycles. The molecule has 9 heteroatoms. The lowest BCUT2D eigenvalue weighted by molar-refractivity contribution is 0.109. The second-order valence-corrected chi connectivity index (χ2v) is 20.4. The fourth-order valence-corrected chi connectivity index (χ4v) is 13.5. The lowest BCUT2D eigenvalue weighted by Gasteiger charge is -2.41. The van der Waals surface area contributed by atoms with Crippen molar-refractivity contribution in [1.29, 1.82) is 0 Å². The molecule has 10 rings (SSSR count). The minimum absolute atomic E-state index is 0.0775. The molecule has 4 heterocycles. The molecule has 2 unspecified atom stereocenters. The zero-order chi connectivity index (χ0) is 44.4. The first kappa shape index (κ1) is 44.0. The number of fused-ring (bicyclic) bond motifs is 10. The number of nitrogens with one attached hydrogen (secondary N) is 2. The molecule has 4 N–H and O–H groups in total. The van der Waals surface area contributed by atoms with Crippen LogP contribution in [0.4, 0.5) is 9.59 Å². The fraction of sp³-hybridized carbons (Fsp3) is 0.536. The van der Waals surface area contributed by atoms with Crippen molar-refractivity contribution in [2.75, 3.05) is 13.1 Å². The molecule has 4 amide bonds. The zero-order valence-corrected chi connectivity index (χ0v) is 38.9. The van der Waals surface area contributed by atoms with Gasteiger partial charge in [0.1, 0.15) is 11.5 Å². The van der Waals surface area contributed by atoms with Crippen molar-refractivity contribution < 1.29 is 14.3 Å². The molecular weight excluding hydrogens is 805 g/mol. The fourth-order valence-electron chi connectivity index (χ4n) is 13.5. The van der Waals surface area contributed by atoms with Gasteiger partial charge in [-0.05, 0) is 185 Å². The molecule has 344 valence electrons. The van der Waals surface area contributed by atoms with Crippen LogP contribution in [0.25, 0.3) is 0 Å². The number of primary amides is 1. The Labute approximate surface area is 387 Å². The highest BCUT2D eigenvalue weighted by atomic mass is 16.5. The average molecular weight is 877 g/mol. The van der Waals surface area contributed by atoms with E-state index in [2.05, 4.69) is 107 Å². The smallest absolute Gasteiger partial charge is 0.315 e. The molecule has 2 saturated heterocycles. The van der Waals surface area contributed by atoms with Gasteiger partial charge in [-0.15, -0.1) is 0 Å². The number of hydrogen-bond acceptors (Lipinski definition) is 5. The molecule has 2 aliphatic carbocycles. The summed E-state index contributed by atoms with van der Waals surface area (Å²) in [5.74, 6) is 2.92. The van der Waals surface area contributed by atoms with Crippen LogP contribution in [0.3, 0.4) is 0 Å². The van der Waals surface area contributed by atoms with E-state index < -0.39 is 0 Å². The maximum Gasteiger partial charge on any atom is 0.315 e. The monoisotopic (exact) mass is 877 g/mol.